The zero-order valence-electron chi connectivity index (χ0n) is 10.5. The molecule has 96 valence electrons. The van der Waals surface area contributed by atoms with Crippen molar-refractivity contribution in [2.75, 3.05) is 30.8 Å². The van der Waals surface area contributed by atoms with Gasteiger partial charge in [-0.1, -0.05) is 12.2 Å². The van der Waals surface area contributed by atoms with Gasteiger partial charge in [0, 0.05) is 12.2 Å². The van der Waals surface area contributed by atoms with Crippen molar-refractivity contribution in [3.63, 3.8) is 0 Å². The molecule has 5 heteroatoms. The number of imidazole rings is 1. The highest BCUT2D eigenvalue weighted by Gasteiger charge is 2.01. The van der Waals surface area contributed by atoms with Crippen LogP contribution < -0.4 is 11.1 Å². The highest BCUT2D eigenvalue weighted by atomic mass is 16.5. The number of nitrogens with zero attached hydrogens (tertiary/aromatic N) is 1. The van der Waals surface area contributed by atoms with Gasteiger partial charge in [-0.3, -0.25) is 0 Å². The van der Waals surface area contributed by atoms with Gasteiger partial charge >= 0.3 is 0 Å². The Kier molecular flexibility index (Phi) is 3.84. The minimum absolute atomic E-state index is 0.596. The third-order valence-corrected chi connectivity index (χ3v) is 2.39. The summed E-state index contributed by atoms with van der Waals surface area (Å²) in [5.74, 6) is 0.731. The molecule has 0 aliphatic rings. The lowest BCUT2D eigenvalue weighted by atomic mass is 10.3. The molecule has 2 rings (SSSR count). The van der Waals surface area contributed by atoms with Gasteiger partial charge in [0.05, 0.1) is 24.2 Å². The molecule has 2 aromatic rings. The third-order valence-electron chi connectivity index (χ3n) is 2.39. The van der Waals surface area contributed by atoms with Gasteiger partial charge in [0.15, 0.2) is 0 Å². The van der Waals surface area contributed by atoms with Crippen LogP contribution in [0.1, 0.15) is 6.92 Å². The smallest absolute Gasteiger partial charge is 0.201 e. The summed E-state index contributed by atoms with van der Waals surface area (Å²) in [6, 6.07) is 5.60. The average Bonchev–Trinajstić information content (AvgIpc) is 2.70. The number of rotatable bonds is 6. The first-order chi connectivity index (χ1) is 8.65. The number of aromatic amines is 1. The molecular weight excluding hydrogens is 228 g/mol. The highest BCUT2D eigenvalue weighted by molar-refractivity contribution is 5.80. The SMILES string of the molecule is C=C(C)COCCNc1nc2ccc(N)cc2[nH]1. The fourth-order valence-corrected chi connectivity index (χ4v) is 1.60. The van der Waals surface area contributed by atoms with Crippen LogP contribution in [-0.2, 0) is 4.74 Å². The van der Waals surface area contributed by atoms with E-state index in [4.69, 9.17) is 10.5 Å². The Morgan fingerprint density at radius 2 is 2.39 bits per heavy atom. The molecule has 0 radical (unpaired) electrons. The fourth-order valence-electron chi connectivity index (χ4n) is 1.60. The van der Waals surface area contributed by atoms with Gasteiger partial charge in [0.2, 0.25) is 5.95 Å². The number of nitrogens with one attached hydrogen (secondary N) is 2. The summed E-state index contributed by atoms with van der Waals surface area (Å²) in [7, 11) is 0. The number of hydrogen-bond donors (Lipinski definition) is 3. The van der Waals surface area contributed by atoms with Crippen molar-refractivity contribution in [1.29, 1.82) is 0 Å². The van der Waals surface area contributed by atoms with Crippen LogP contribution in [-0.4, -0.2) is 29.7 Å². The lowest BCUT2D eigenvalue weighted by molar-refractivity contribution is 0.167. The van der Waals surface area contributed by atoms with Gasteiger partial charge in [-0.2, -0.15) is 0 Å². The van der Waals surface area contributed by atoms with Crippen molar-refractivity contribution in [3.8, 4) is 0 Å². The first kappa shape index (κ1) is 12.4. The van der Waals surface area contributed by atoms with E-state index in [9.17, 15) is 0 Å². The number of H-pyrrole nitrogens is 1. The molecule has 0 aliphatic heterocycles. The molecule has 1 aromatic carbocycles. The van der Waals surface area contributed by atoms with Crippen molar-refractivity contribution >= 4 is 22.7 Å². The lowest BCUT2D eigenvalue weighted by Gasteiger charge is -2.04. The Hall–Kier alpha value is -2.01. The summed E-state index contributed by atoms with van der Waals surface area (Å²) in [5.41, 5.74) is 9.28. The molecule has 18 heavy (non-hydrogen) atoms. The number of nitrogen functional groups attached to an aromatic ring is 1. The van der Waals surface area contributed by atoms with E-state index in [0.29, 0.717) is 19.8 Å². The van der Waals surface area contributed by atoms with E-state index in [1.807, 2.05) is 25.1 Å². The molecule has 0 saturated heterocycles. The molecule has 5 nitrogen and oxygen atoms in total. The number of ether oxygens (including phenoxy) is 1. The van der Waals surface area contributed by atoms with Gasteiger partial charge in [0.25, 0.3) is 0 Å². The molecule has 1 heterocycles. The second-order valence-electron chi connectivity index (χ2n) is 4.30. The van der Waals surface area contributed by atoms with Gasteiger partial charge < -0.3 is 20.8 Å². The second kappa shape index (κ2) is 5.55. The molecule has 0 spiro atoms. The molecular formula is C13H18N4O. The molecule has 0 unspecified atom stereocenters. The monoisotopic (exact) mass is 246 g/mol. The van der Waals surface area contributed by atoms with Crippen molar-refractivity contribution < 1.29 is 4.74 Å². The first-order valence-corrected chi connectivity index (χ1v) is 5.86. The third kappa shape index (κ3) is 3.24. The topological polar surface area (TPSA) is 76.0 Å². The summed E-state index contributed by atoms with van der Waals surface area (Å²) >= 11 is 0. The summed E-state index contributed by atoms with van der Waals surface area (Å²) in [6.07, 6.45) is 0. The van der Waals surface area contributed by atoms with Gasteiger partial charge in [-0.25, -0.2) is 4.98 Å². The molecule has 0 saturated carbocycles. The summed E-state index contributed by atoms with van der Waals surface area (Å²) < 4.78 is 5.39. The van der Waals surface area contributed by atoms with Gasteiger partial charge in [-0.15, -0.1) is 0 Å². The largest absolute Gasteiger partial charge is 0.399 e. The zero-order valence-corrected chi connectivity index (χ0v) is 10.5. The normalized spacial score (nSPS) is 10.7. The minimum atomic E-state index is 0.596. The number of benzene rings is 1. The Morgan fingerprint density at radius 3 is 3.17 bits per heavy atom. The van der Waals surface area contributed by atoms with E-state index in [1.54, 1.807) is 0 Å². The summed E-state index contributed by atoms with van der Waals surface area (Å²) in [5, 5.41) is 3.17. The van der Waals surface area contributed by atoms with Crippen LogP contribution in [0, 0.1) is 0 Å². The van der Waals surface area contributed by atoms with Crippen LogP contribution in [0.5, 0.6) is 0 Å². The average molecular weight is 246 g/mol. The van der Waals surface area contributed by atoms with Crippen molar-refractivity contribution in [3.05, 3.63) is 30.4 Å². The van der Waals surface area contributed by atoms with Crippen molar-refractivity contribution in [1.82, 2.24) is 9.97 Å². The van der Waals surface area contributed by atoms with E-state index in [0.717, 1.165) is 28.2 Å². The predicted molar refractivity (Wildman–Crippen MR) is 74.6 cm³/mol. The number of anilines is 2. The number of fused-ring (bicyclic) bond motifs is 1. The van der Waals surface area contributed by atoms with Crippen LogP contribution in [0.25, 0.3) is 11.0 Å². The van der Waals surface area contributed by atoms with Gasteiger partial charge in [0.1, 0.15) is 0 Å². The lowest BCUT2D eigenvalue weighted by Crippen LogP contribution is -2.11. The van der Waals surface area contributed by atoms with E-state index >= 15 is 0 Å². The van der Waals surface area contributed by atoms with E-state index in [1.165, 1.54) is 0 Å². The molecule has 4 N–H and O–H groups in total. The fraction of sp³-hybridized carbons (Fsp3) is 0.308. The second-order valence-corrected chi connectivity index (χ2v) is 4.30. The number of nitrogens with two attached hydrogens (primary N) is 1. The zero-order chi connectivity index (χ0) is 13.0. The standard InChI is InChI=1S/C13H18N4O/c1-9(2)8-18-6-5-15-13-16-11-4-3-10(14)7-12(11)17-13/h3-4,7H,1,5-6,8,14H2,2H3,(H2,15,16,17). The number of hydrogen-bond acceptors (Lipinski definition) is 4. The van der Waals surface area contributed by atoms with Gasteiger partial charge in [-0.05, 0) is 25.1 Å². The van der Waals surface area contributed by atoms with Crippen LogP contribution >= 0.6 is 0 Å². The molecule has 0 fully saturated rings. The Morgan fingerprint density at radius 1 is 1.56 bits per heavy atom. The molecule has 0 amide bonds. The molecule has 1 aromatic heterocycles. The first-order valence-electron chi connectivity index (χ1n) is 5.86. The molecule has 0 atom stereocenters. The maximum atomic E-state index is 5.70. The predicted octanol–water partition coefficient (Wildman–Crippen LogP) is 2.15. The van der Waals surface area contributed by atoms with Crippen LogP contribution in [0.15, 0.2) is 30.4 Å². The van der Waals surface area contributed by atoms with E-state index in [-0.39, 0.29) is 0 Å². The highest BCUT2D eigenvalue weighted by Crippen LogP contribution is 2.16. The molecule has 0 bridgehead atoms. The Bertz CT molecular complexity index is 547. The summed E-state index contributed by atoms with van der Waals surface area (Å²) in [6.45, 7) is 7.62. The maximum absolute atomic E-state index is 5.70. The van der Waals surface area contributed by atoms with Crippen molar-refractivity contribution in [2.24, 2.45) is 0 Å². The number of aromatic nitrogens is 2. The van der Waals surface area contributed by atoms with E-state index in [2.05, 4.69) is 21.9 Å². The molecule has 0 aliphatic carbocycles. The minimum Gasteiger partial charge on any atom is -0.399 e. The Labute approximate surface area is 106 Å². The summed E-state index contributed by atoms with van der Waals surface area (Å²) in [4.78, 5) is 7.55. The van der Waals surface area contributed by atoms with Crippen LogP contribution in [0.2, 0.25) is 0 Å². The Balaban J connectivity index is 1.86. The van der Waals surface area contributed by atoms with Crippen LogP contribution in [0.3, 0.4) is 0 Å². The van der Waals surface area contributed by atoms with Crippen LogP contribution in [0.4, 0.5) is 11.6 Å². The van der Waals surface area contributed by atoms with Crippen molar-refractivity contribution in [2.45, 2.75) is 6.92 Å². The van der Waals surface area contributed by atoms with E-state index < -0.39 is 0 Å². The maximum Gasteiger partial charge on any atom is 0.201 e. The quantitative estimate of drug-likeness (QED) is 0.414.